The molecule has 2 N–H and O–H groups in total. The predicted molar refractivity (Wildman–Crippen MR) is 111 cm³/mol. The van der Waals surface area contributed by atoms with Crippen LogP contribution in [0, 0.1) is 18.7 Å². The molecule has 0 aromatic heterocycles. The van der Waals surface area contributed by atoms with Crippen molar-refractivity contribution in [2.45, 2.75) is 38.5 Å². The number of ether oxygens (including phenoxy) is 3. The summed E-state index contributed by atoms with van der Waals surface area (Å²) in [5, 5.41) is 0. The topological polar surface area (TPSA) is 70.8 Å². The first-order chi connectivity index (χ1) is 13.4. The van der Waals surface area contributed by atoms with E-state index in [4.69, 9.17) is 19.9 Å². The number of cyclic esters (lactones) is 1. The highest BCUT2D eigenvalue weighted by Crippen LogP contribution is 2.26. The summed E-state index contributed by atoms with van der Waals surface area (Å²) in [7, 11) is 0. The lowest BCUT2D eigenvalue weighted by molar-refractivity contribution is -0.153. The van der Waals surface area contributed by atoms with Gasteiger partial charge in [0.15, 0.2) is 0 Å². The molecule has 29 heavy (non-hydrogen) atoms. The van der Waals surface area contributed by atoms with Gasteiger partial charge in [-0.2, -0.15) is 0 Å². The van der Waals surface area contributed by atoms with Crippen LogP contribution < -0.4 is 10.5 Å². The Kier molecular flexibility index (Phi) is 8.44. The Morgan fingerprint density at radius 1 is 1.10 bits per heavy atom. The Balaban J connectivity index is 0.00000300. The van der Waals surface area contributed by atoms with Crippen LogP contribution >= 0.6 is 12.4 Å². The molecule has 0 bridgehead atoms. The summed E-state index contributed by atoms with van der Waals surface area (Å²) in [6.45, 7) is 4.18. The average molecular weight is 424 g/mol. The van der Waals surface area contributed by atoms with Gasteiger partial charge >= 0.3 is 5.97 Å². The van der Waals surface area contributed by atoms with Crippen LogP contribution in [0.25, 0.3) is 0 Å². The minimum atomic E-state index is -0.827. The Morgan fingerprint density at radius 2 is 1.76 bits per heavy atom. The fourth-order valence-corrected chi connectivity index (χ4v) is 3.27. The van der Waals surface area contributed by atoms with Crippen molar-refractivity contribution in [3.63, 3.8) is 0 Å². The molecule has 0 aliphatic carbocycles. The molecule has 1 aliphatic rings. The van der Waals surface area contributed by atoms with E-state index in [2.05, 4.69) is 0 Å². The molecule has 0 saturated carbocycles. The van der Waals surface area contributed by atoms with Crippen molar-refractivity contribution < 1.29 is 23.4 Å². The third-order valence-electron chi connectivity index (χ3n) is 4.96. The standard InChI is InChI=1S/C22H26FNO4.ClH/c1-14-3-9-18(10-4-14)28-21-13-26-12-20(24)22(25)27-15(2)19(21)11-16-5-7-17(23)8-6-16;/h3-10,15,19-21H,11-13,24H2,1-2H3;1H/t15-,19-,20-,21-;/m0./s1. The van der Waals surface area contributed by atoms with Crippen LogP contribution in [0.3, 0.4) is 0 Å². The molecule has 1 saturated heterocycles. The third-order valence-corrected chi connectivity index (χ3v) is 4.96. The second kappa shape index (κ2) is 10.6. The second-order valence-corrected chi connectivity index (χ2v) is 7.25. The summed E-state index contributed by atoms with van der Waals surface area (Å²) in [4.78, 5) is 12.2. The molecular formula is C22H27ClFNO4. The van der Waals surface area contributed by atoms with Crippen LogP contribution in [0.15, 0.2) is 48.5 Å². The first-order valence-electron chi connectivity index (χ1n) is 9.44. The van der Waals surface area contributed by atoms with E-state index in [1.165, 1.54) is 12.1 Å². The molecule has 3 rings (SSSR count). The summed E-state index contributed by atoms with van der Waals surface area (Å²) in [5.41, 5.74) is 7.89. The van der Waals surface area contributed by atoms with E-state index in [0.717, 1.165) is 11.1 Å². The molecular weight excluding hydrogens is 397 g/mol. The molecule has 1 heterocycles. The molecule has 2 aromatic carbocycles. The van der Waals surface area contributed by atoms with E-state index < -0.39 is 18.1 Å². The number of benzene rings is 2. The molecule has 1 aliphatic heterocycles. The van der Waals surface area contributed by atoms with Crippen LogP contribution in [0.2, 0.25) is 0 Å². The Morgan fingerprint density at radius 3 is 2.41 bits per heavy atom. The zero-order chi connectivity index (χ0) is 20.1. The molecule has 0 unspecified atom stereocenters. The molecule has 1 fully saturated rings. The van der Waals surface area contributed by atoms with E-state index in [1.807, 2.05) is 38.1 Å². The quantitative estimate of drug-likeness (QED) is 0.762. The van der Waals surface area contributed by atoms with Gasteiger partial charge in [-0.1, -0.05) is 29.8 Å². The summed E-state index contributed by atoms with van der Waals surface area (Å²) in [6, 6.07) is 13.2. The van der Waals surface area contributed by atoms with Crippen LogP contribution in [0.1, 0.15) is 18.1 Å². The van der Waals surface area contributed by atoms with Crippen LogP contribution in [-0.4, -0.2) is 37.4 Å². The normalized spacial score (nSPS) is 25.0. The van der Waals surface area contributed by atoms with Gasteiger partial charge < -0.3 is 19.9 Å². The van der Waals surface area contributed by atoms with Crippen LogP contribution in [0.5, 0.6) is 5.75 Å². The lowest BCUT2D eigenvalue weighted by Crippen LogP contribution is -2.41. The first-order valence-corrected chi connectivity index (χ1v) is 9.44. The minimum absolute atomic E-state index is 0. The number of halogens is 2. The largest absolute Gasteiger partial charge is 0.488 e. The van der Waals surface area contributed by atoms with Gasteiger partial charge in [0, 0.05) is 5.92 Å². The van der Waals surface area contributed by atoms with E-state index in [9.17, 15) is 9.18 Å². The van der Waals surface area contributed by atoms with E-state index in [1.54, 1.807) is 12.1 Å². The fraction of sp³-hybridized carbons (Fsp3) is 0.409. The van der Waals surface area contributed by atoms with Crippen molar-refractivity contribution in [2.75, 3.05) is 13.2 Å². The number of rotatable bonds is 4. The maximum Gasteiger partial charge on any atom is 0.325 e. The monoisotopic (exact) mass is 423 g/mol. The Hall–Kier alpha value is -2.15. The SMILES string of the molecule is Cc1ccc(O[C@H]2COC[C@H](N)C(=O)O[C@@H](C)[C@@H]2Cc2ccc(F)cc2)cc1.Cl. The molecule has 0 amide bonds. The number of carbonyl (C=O) groups is 1. The molecule has 0 spiro atoms. The number of esters is 1. The van der Waals surface area contributed by atoms with Crippen molar-refractivity contribution in [3.8, 4) is 5.75 Å². The van der Waals surface area contributed by atoms with E-state index in [0.29, 0.717) is 12.2 Å². The van der Waals surface area contributed by atoms with Crippen molar-refractivity contribution in [1.82, 2.24) is 0 Å². The van der Waals surface area contributed by atoms with Gasteiger partial charge in [0.25, 0.3) is 0 Å². The van der Waals surface area contributed by atoms with Gasteiger partial charge in [-0.05, 0) is 50.1 Å². The highest BCUT2D eigenvalue weighted by molar-refractivity contribution is 5.85. The van der Waals surface area contributed by atoms with Gasteiger partial charge in [-0.3, -0.25) is 4.79 Å². The van der Waals surface area contributed by atoms with Crippen LogP contribution in [0.4, 0.5) is 4.39 Å². The number of hydrogen-bond acceptors (Lipinski definition) is 5. The summed E-state index contributed by atoms with van der Waals surface area (Å²) >= 11 is 0. The fourth-order valence-electron chi connectivity index (χ4n) is 3.27. The minimum Gasteiger partial charge on any atom is -0.488 e. The summed E-state index contributed by atoms with van der Waals surface area (Å²) in [5.74, 6) is -0.265. The lowest BCUT2D eigenvalue weighted by Gasteiger charge is -2.31. The molecule has 5 nitrogen and oxygen atoms in total. The highest BCUT2D eigenvalue weighted by Gasteiger charge is 2.34. The van der Waals surface area contributed by atoms with Gasteiger partial charge in [0.05, 0.1) is 13.2 Å². The smallest absolute Gasteiger partial charge is 0.325 e. The Labute approximate surface area is 176 Å². The van der Waals surface area contributed by atoms with Gasteiger partial charge in [-0.15, -0.1) is 12.4 Å². The van der Waals surface area contributed by atoms with Crippen LogP contribution in [-0.2, 0) is 20.7 Å². The third kappa shape index (κ3) is 6.42. The van der Waals surface area contributed by atoms with E-state index >= 15 is 0 Å². The number of carbonyl (C=O) groups excluding carboxylic acids is 1. The van der Waals surface area contributed by atoms with E-state index in [-0.39, 0.29) is 43.5 Å². The Bertz CT molecular complexity index is 784. The van der Waals surface area contributed by atoms with Crippen molar-refractivity contribution in [2.24, 2.45) is 11.7 Å². The molecule has 0 radical (unpaired) electrons. The van der Waals surface area contributed by atoms with Crippen molar-refractivity contribution in [3.05, 3.63) is 65.5 Å². The zero-order valence-electron chi connectivity index (χ0n) is 16.5. The maximum atomic E-state index is 13.3. The number of aryl methyl sites for hydroxylation is 1. The first kappa shape index (κ1) is 23.1. The average Bonchev–Trinajstić information content (AvgIpc) is 2.71. The second-order valence-electron chi connectivity index (χ2n) is 7.25. The van der Waals surface area contributed by atoms with Crippen molar-refractivity contribution in [1.29, 1.82) is 0 Å². The number of nitrogens with two attached hydrogens (primary N) is 1. The maximum absolute atomic E-state index is 13.3. The highest BCUT2D eigenvalue weighted by atomic mass is 35.5. The molecule has 4 atom stereocenters. The van der Waals surface area contributed by atoms with Gasteiger partial charge in [0.2, 0.25) is 0 Å². The summed E-state index contributed by atoms with van der Waals surface area (Å²) < 4.78 is 30.7. The molecule has 158 valence electrons. The lowest BCUT2D eigenvalue weighted by atomic mass is 9.89. The zero-order valence-corrected chi connectivity index (χ0v) is 17.4. The summed E-state index contributed by atoms with van der Waals surface area (Å²) in [6.07, 6.45) is -0.259. The van der Waals surface area contributed by atoms with Gasteiger partial charge in [0.1, 0.15) is 29.8 Å². The molecule has 2 aromatic rings. The molecule has 7 heteroatoms. The number of hydrogen-bond donors (Lipinski definition) is 1. The van der Waals surface area contributed by atoms with Crippen molar-refractivity contribution >= 4 is 18.4 Å². The predicted octanol–water partition coefficient (Wildman–Crippen LogP) is 3.45. The van der Waals surface area contributed by atoms with Gasteiger partial charge in [-0.25, -0.2) is 4.39 Å².